The number of thiophene rings is 1. The first-order valence-electron chi connectivity index (χ1n) is 4.94. The van der Waals surface area contributed by atoms with Crippen molar-refractivity contribution in [1.29, 1.82) is 0 Å². The van der Waals surface area contributed by atoms with E-state index in [9.17, 15) is 4.79 Å². The molecular weight excluding hydrogens is 284 g/mol. The van der Waals surface area contributed by atoms with Gasteiger partial charge in [0.15, 0.2) is 5.78 Å². The Hall–Kier alpha value is -0.930. The second kappa shape index (κ2) is 4.52. The molecule has 0 aliphatic heterocycles. The lowest BCUT2D eigenvalue weighted by atomic mass is 10.0. The number of hydrogen-bond acceptors (Lipinski definition) is 2. The molecule has 0 N–H and O–H groups in total. The molecule has 0 bridgehead atoms. The van der Waals surface area contributed by atoms with Crippen LogP contribution in [0.1, 0.15) is 26.4 Å². The summed E-state index contributed by atoms with van der Waals surface area (Å²) in [6.45, 7) is 3.98. The minimum absolute atomic E-state index is 0.0885. The Bertz CT molecular complexity index is 543. The number of rotatable bonds is 2. The number of hydrogen-bond donors (Lipinski definition) is 0. The second-order valence-electron chi connectivity index (χ2n) is 3.70. The molecule has 1 aromatic carbocycles. The zero-order valence-corrected chi connectivity index (χ0v) is 11.5. The maximum atomic E-state index is 12.2. The molecule has 16 heavy (non-hydrogen) atoms. The molecule has 0 amide bonds. The van der Waals surface area contributed by atoms with E-state index < -0.39 is 0 Å². The zero-order chi connectivity index (χ0) is 11.7. The van der Waals surface area contributed by atoms with Crippen molar-refractivity contribution < 1.29 is 4.79 Å². The fourth-order valence-electron chi connectivity index (χ4n) is 1.57. The molecule has 0 saturated heterocycles. The van der Waals surface area contributed by atoms with Crippen molar-refractivity contribution in [3.8, 4) is 0 Å². The van der Waals surface area contributed by atoms with E-state index >= 15 is 0 Å². The van der Waals surface area contributed by atoms with Crippen LogP contribution >= 0.6 is 27.3 Å². The first-order valence-corrected chi connectivity index (χ1v) is 6.62. The van der Waals surface area contributed by atoms with Crippen molar-refractivity contribution >= 4 is 33.0 Å². The quantitative estimate of drug-likeness (QED) is 0.752. The fraction of sp³-hybridized carbons (Fsp3) is 0.154. The van der Waals surface area contributed by atoms with E-state index in [-0.39, 0.29) is 5.78 Å². The van der Waals surface area contributed by atoms with Crippen LogP contribution < -0.4 is 0 Å². The van der Waals surface area contributed by atoms with Crippen molar-refractivity contribution in [2.24, 2.45) is 0 Å². The van der Waals surface area contributed by atoms with Crippen LogP contribution in [0.25, 0.3) is 0 Å². The molecule has 1 aromatic heterocycles. The van der Waals surface area contributed by atoms with Crippen LogP contribution in [0.15, 0.2) is 34.1 Å². The Morgan fingerprint density at radius 1 is 1.19 bits per heavy atom. The minimum Gasteiger partial charge on any atom is -0.289 e. The number of halogens is 1. The lowest BCUT2D eigenvalue weighted by Crippen LogP contribution is -2.02. The van der Waals surface area contributed by atoms with E-state index in [0.29, 0.717) is 0 Å². The number of ketones is 1. The minimum atomic E-state index is 0.0885. The van der Waals surface area contributed by atoms with Crippen LogP contribution in [-0.2, 0) is 0 Å². The third kappa shape index (κ3) is 2.11. The van der Waals surface area contributed by atoms with Gasteiger partial charge in [-0.05, 0) is 43.0 Å². The number of carbonyl (C=O) groups is 1. The average Bonchev–Trinajstić information content (AvgIpc) is 2.63. The summed E-state index contributed by atoms with van der Waals surface area (Å²) < 4.78 is 0.864. The second-order valence-corrected chi connectivity index (χ2v) is 5.68. The smallest absolute Gasteiger partial charge is 0.195 e. The van der Waals surface area contributed by atoms with Crippen LogP contribution in [0.3, 0.4) is 0 Å². The molecule has 82 valence electrons. The first-order chi connectivity index (χ1) is 7.59. The Morgan fingerprint density at radius 3 is 2.50 bits per heavy atom. The maximum Gasteiger partial charge on any atom is 0.195 e. The van der Waals surface area contributed by atoms with E-state index in [1.54, 1.807) is 11.3 Å². The summed E-state index contributed by atoms with van der Waals surface area (Å²) in [5, 5.41) is 1.95. The lowest BCUT2D eigenvalue weighted by Gasteiger charge is -2.04. The van der Waals surface area contributed by atoms with Crippen LogP contribution in [0.4, 0.5) is 0 Å². The predicted octanol–water partition coefficient (Wildman–Crippen LogP) is 4.36. The highest BCUT2D eigenvalue weighted by Crippen LogP contribution is 2.24. The van der Waals surface area contributed by atoms with Crippen LogP contribution in [0.2, 0.25) is 0 Å². The molecule has 1 nitrogen and oxygen atoms in total. The molecule has 2 rings (SSSR count). The highest BCUT2D eigenvalue weighted by molar-refractivity contribution is 9.10. The maximum absolute atomic E-state index is 12.2. The number of carbonyl (C=O) groups excluding carboxylic acids is 1. The standard InChI is InChI=1S/C13H11BrOS/c1-8-3-4-11(12(14)7-8)13(15)10-5-6-16-9(10)2/h3-7H,1-2H3. The topological polar surface area (TPSA) is 17.1 Å². The molecule has 3 heteroatoms. The lowest BCUT2D eigenvalue weighted by molar-refractivity contribution is 0.103. The van der Waals surface area contributed by atoms with E-state index in [1.165, 1.54) is 0 Å². The molecular formula is C13H11BrOS. The van der Waals surface area contributed by atoms with Crippen molar-refractivity contribution in [3.05, 3.63) is 55.7 Å². The molecule has 0 saturated carbocycles. The zero-order valence-electron chi connectivity index (χ0n) is 9.08. The van der Waals surface area contributed by atoms with Gasteiger partial charge in [-0.3, -0.25) is 4.79 Å². The van der Waals surface area contributed by atoms with Crippen LogP contribution in [0.5, 0.6) is 0 Å². The third-order valence-corrected chi connectivity index (χ3v) is 3.97. The summed E-state index contributed by atoms with van der Waals surface area (Å²) in [7, 11) is 0. The van der Waals surface area contributed by atoms with Gasteiger partial charge in [0.1, 0.15) is 0 Å². The van der Waals surface area contributed by atoms with Gasteiger partial charge >= 0.3 is 0 Å². The Labute approximate surface area is 107 Å². The molecule has 0 fully saturated rings. The molecule has 0 radical (unpaired) electrons. The average molecular weight is 295 g/mol. The summed E-state index contributed by atoms with van der Waals surface area (Å²) in [6.07, 6.45) is 0. The van der Waals surface area contributed by atoms with Gasteiger partial charge in [0.05, 0.1) is 0 Å². The molecule has 0 aliphatic carbocycles. The number of aryl methyl sites for hydroxylation is 2. The van der Waals surface area contributed by atoms with E-state index in [2.05, 4.69) is 15.9 Å². The van der Waals surface area contributed by atoms with Gasteiger partial charge in [-0.1, -0.05) is 22.0 Å². The van der Waals surface area contributed by atoms with Gasteiger partial charge in [0.2, 0.25) is 0 Å². The Balaban J connectivity index is 2.46. The largest absolute Gasteiger partial charge is 0.289 e. The summed E-state index contributed by atoms with van der Waals surface area (Å²) in [4.78, 5) is 13.3. The number of benzene rings is 1. The molecule has 0 aliphatic rings. The van der Waals surface area contributed by atoms with Gasteiger partial charge in [0, 0.05) is 20.5 Å². The molecule has 1 heterocycles. The monoisotopic (exact) mass is 294 g/mol. The summed E-state index contributed by atoms with van der Waals surface area (Å²) >= 11 is 5.04. The summed E-state index contributed by atoms with van der Waals surface area (Å²) in [5.41, 5.74) is 2.67. The van der Waals surface area contributed by atoms with Gasteiger partial charge < -0.3 is 0 Å². The van der Waals surface area contributed by atoms with Crippen LogP contribution in [0, 0.1) is 13.8 Å². The van der Waals surface area contributed by atoms with Crippen molar-refractivity contribution in [2.45, 2.75) is 13.8 Å². The van der Waals surface area contributed by atoms with Gasteiger partial charge in [-0.15, -0.1) is 11.3 Å². The van der Waals surface area contributed by atoms with Crippen molar-refractivity contribution in [1.82, 2.24) is 0 Å². The van der Waals surface area contributed by atoms with E-state index in [1.807, 2.05) is 43.5 Å². The SMILES string of the molecule is Cc1ccc(C(=O)c2ccsc2C)c(Br)c1. The molecule has 0 spiro atoms. The van der Waals surface area contributed by atoms with Crippen molar-refractivity contribution in [2.75, 3.05) is 0 Å². The summed E-state index contributed by atoms with van der Waals surface area (Å²) in [5.74, 6) is 0.0885. The molecule has 0 unspecified atom stereocenters. The van der Waals surface area contributed by atoms with E-state index in [0.717, 1.165) is 26.0 Å². The summed E-state index contributed by atoms with van der Waals surface area (Å²) in [6, 6.07) is 7.68. The van der Waals surface area contributed by atoms with E-state index in [4.69, 9.17) is 0 Å². The Kier molecular flexibility index (Phi) is 3.26. The molecule has 2 aromatic rings. The normalized spacial score (nSPS) is 10.4. The van der Waals surface area contributed by atoms with Gasteiger partial charge in [0.25, 0.3) is 0 Å². The molecule has 0 atom stereocenters. The van der Waals surface area contributed by atoms with Crippen LogP contribution in [-0.4, -0.2) is 5.78 Å². The predicted molar refractivity (Wildman–Crippen MR) is 71.4 cm³/mol. The Morgan fingerprint density at radius 2 is 1.94 bits per heavy atom. The highest BCUT2D eigenvalue weighted by atomic mass is 79.9. The van der Waals surface area contributed by atoms with Gasteiger partial charge in [-0.25, -0.2) is 0 Å². The third-order valence-electron chi connectivity index (χ3n) is 2.47. The highest BCUT2D eigenvalue weighted by Gasteiger charge is 2.15. The van der Waals surface area contributed by atoms with Gasteiger partial charge in [-0.2, -0.15) is 0 Å². The van der Waals surface area contributed by atoms with Crippen molar-refractivity contribution in [3.63, 3.8) is 0 Å². The fourth-order valence-corrected chi connectivity index (χ4v) is 2.94. The first kappa shape index (κ1) is 11.6.